The van der Waals surface area contributed by atoms with Crippen LogP contribution in [0.2, 0.25) is 0 Å². The number of hydrogen-bond donors (Lipinski definition) is 1. The molecule has 1 aromatic rings. The number of aromatic nitrogens is 1. The lowest BCUT2D eigenvalue weighted by atomic mass is 10.1. The predicted octanol–water partition coefficient (Wildman–Crippen LogP) is 2.92. The van der Waals surface area contributed by atoms with Crippen LogP contribution in [0.15, 0.2) is 18.5 Å². The number of nitrogens with zero attached hydrogens (tertiary/aromatic N) is 1. The highest BCUT2D eigenvalue weighted by molar-refractivity contribution is 5.14. The first-order valence-electron chi connectivity index (χ1n) is 5.47. The van der Waals surface area contributed by atoms with Crippen LogP contribution in [0.3, 0.4) is 0 Å². The summed E-state index contributed by atoms with van der Waals surface area (Å²) in [5.41, 5.74) is 0.901. The molecule has 0 aromatic carbocycles. The molecule has 2 nitrogen and oxygen atoms in total. The van der Waals surface area contributed by atoms with E-state index in [1.165, 1.54) is 12.3 Å². The third-order valence-electron chi connectivity index (χ3n) is 2.70. The molecule has 15 heavy (non-hydrogen) atoms. The van der Waals surface area contributed by atoms with Gasteiger partial charge in [0.2, 0.25) is 0 Å². The quantitative estimate of drug-likeness (QED) is 0.808. The Bertz CT molecular complexity index is 301. The SMILES string of the molecule is CCC(C)CNC(C)c1cncc(F)c1. The Morgan fingerprint density at radius 3 is 2.73 bits per heavy atom. The first-order valence-corrected chi connectivity index (χ1v) is 5.47. The highest BCUT2D eigenvalue weighted by Gasteiger charge is 2.07. The highest BCUT2D eigenvalue weighted by Crippen LogP contribution is 2.12. The van der Waals surface area contributed by atoms with Crippen molar-refractivity contribution in [3.63, 3.8) is 0 Å². The normalized spacial score (nSPS) is 14.9. The van der Waals surface area contributed by atoms with Crippen LogP contribution in [-0.4, -0.2) is 11.5 Å². The van der Waals surface area contributed by atoms with E-state index in [1.807, 2.05) is 6.92 Å². The molecule has 0 aliphatic heterocycles. The summed E-state index contributed by atoms with van der Waals surface area (Å²) in [4.78, 5) is 3.84. The number of rotatable bonds is 5. The van der Waals surface area contributed by atoms with Crippen molar-refractivity contribution in [2.75, 3.05) is 6.54 Å². The van der Waals surface area contributed by atoms with Crippen LogP contribution >= 0.6 is 0 Å². The minimum Gasteiger partial charge on any atom is -0.310 e. The van der Waals surface area contributed by atoms with Crippen molar-refractivity contribution in [1.82, 2.24) is 10.3 Å². The molecule has 1 N–H and O–H groups in total. The number of hydrogen-bond acceptors (Lipinski definition) is 2. The van der Waals surface area contributed by atoms with Crippen molar-refractivity contribution in [2.45, 2.75) is 33.2 Å². The van der Waals surface area contributed by atoms with Gasteiger partial charge in [-0.25, -0.2) is 4.39 Å². The van der Waals surface area contributed by atoms with Crippen LogP contribution in [0.5, 0.6) is 0 Å². The smallest absolute Gasteiger partial charge is 0.141 e. The maximum Gasteiger partial charge on any atom is 0.141 e. The van der Waals surface area contributed by atoms with Crippen LogP contribution in [0, 0.1) is 11.7 Å². The zero-order chi connectivity index (χ0) is 11.3. The van der Waals surface area contributed by atoms with E-state index in [1.54, 1.807) is 6.20 Å². The van der Waals surface area contributed by atoms with E-state index >= 15 is 0 Å². The zero-order valence-electron chi connectivity index (χ0n) is 9.63. The van der Waals surface area contributed by atoms with Gasteiger partial charge in [-0.15, -0.1) is 0 Å². The molecule has 3 heteroatoms. The van der Waals surface area contributed by atoms with Gasteiger partial charge >= 0.3 is 0 Å². The molecule has 2 atom stereocenters. The second-order valence-electron chi connectivity index (χ2n) is 4.08. The number of pyridine rings is 1. The predicted molar refractivity (Wildman–Crippen MR) is 60.1 cm³/mol. The van der Waals surface area contributed by atoms with Crippen molar-refractivity contribution in [3.8, 4) is 0 Å². The van der Waals surface area contributed by atoms with Crippen LogP contribution in [0.1, 0.15) is 38.8 Å². The first-order chi connectivity index (χ1) is 7.13. The molecule has 0 aliphatic rings. The van der Waals surface area contributed by atoms with Gasteiger partial charge in [0.25, 0.3) is 0 Å². The van der Waals surface area contributed by atoms with Gasteiger partial charge in [0.15, 0.2) is 0 Å². The topological polar surface area (TPSA) is 24.9 Å². The molecule has 1 rings (SSSR count). The lowest BCUT2D eigenvalue weighted by Gasteiger charge is -2.16. The van der Waals surface area contributed by atoms with Gasteiger partial charge in [0.1, 0.15) is 5.82 Å². The maximum atomic E-state index is 12.9. The standard InChI is InChI=1S/C12H19FN2/c1-4-9(2)6-15-10(3)11-5-12(13)8-14-7-11/h5,7-10,15H,4,6H2,1-3H3. The van der Waals surface area contributed by atoms with Gasteiger partial charge in [-0.2, -0.15) is 0 Å². The second kappa shape index (κ2) is 5.81. The summed E-state index contributed by atoms with van der Waals surface area (Å²) in [7, 11) is 0. The molecular weight excluding hydrogens is 191 g/mol. The monoisotopic (exact) mass is 210 g/mol. The number of nitrogens with one attached hydrogen (secondary N) is 1. The van der Waals surface area contributed by atoms with E-state index in [4.69, 9.17) is 0 Å². The van der Waals surface area contributed by atoms with Crippen molar-refractivity contribution in [3.05, 3.63) is 29.8 Å². The largest absolute Gasteiger partial charge is 0.310 e. The second-order valence-corrected chi connectivity index (χ2v) is 4.08. The third-order valence-corrected chi connectivity index (χ3v) is 2.70. The van der Waals surface area contributed by atoms with Gasteiger partial charge in [0, 0.05) is 12.2 Å². The van der Waals surface area contributed by atoms with Crippen molar-refractivity contribution >= 4 is 0 Å². The molecule has 1 aromatic heterocycles. The van der Waals surface area contributed by atoms with Crippen LogP contribution in [-0.2, 0) is 0 Å². The molecule has 0 saturated heterocycles. The summed E-state index contributed by atoms with van der Waals surface area (Å²) in [5, 5.41) is 3.37. The minimum atomic E-state index is -0.273. The minimum absolute atomic E-state index is 0.155. The molecular formula is C12H19FN2. The zero-order valence-corrected chi connectivity index (χ0v) is 9.63. The van der Waals surface area contributed by atoms with E-state index in [0.29, 0.717) is 5.92 Å². The molecule has 0 radical (unpaired) electrons. The Kier molecular flexibility index (Phi) is 4.69. The Morgan fingerprint density at radius 1 is 1.40 bits per heavy atom. The van der Waals surface area contributed by atoms with Crippen LogP contribution in [0.25, 0.3) is 0 Å². The van der Waals surface area contributed by atoms with Crippen LogP contribution < -0.4 is 5.32 Å². The Hall–Kier alpha value is -0.960. The van der Waals surface area contributed by atoms with Gasteiger partial charge < -0.3 is 5.32 Å². The maximum absolute atomic E-state index is 12.9. The van der Waals surface area contributed by atoms with Gasteiger partial charge in [-0.3, -0.25) is 4.98 Å². The van der Waals surface area contributed by atoms with E-state index < -0.39 is 0 Å². The fourth-order valence-electron chi connectivity index (χ4n) is 1.31. The number of halogens is 1. The fraction of sp³-hybridized carbons (Fsp3) is 0.583. The van der Waals surface area contributed by atoms with Crippen molar-refractivity contribution < 1.29 is 4.39 Å². The van der Waals surface area contributed by atoms with Gasteiger partial charge in [0.05, 0.1) is 6.20 Å². The summed E-state index contributed by atoms with van der Waals surface area (Å²) in [5.74, 6) is 0.374. The van der Waals surface area contributed by atoms with Gasteiger partial charge in [-0.05, 0) is 31.0 Å². The average Bonchev–Trinajstić information content (AvgIpc) is 2.25. The third kappa shape index (κ3) is 3.96. The van der Waals surface area contributed by atoms with Crippen LogP contribution in [0.4, 0.5) is 4.39 Å². The van der Waals surface area contributed by atoms with E-state index in [-0.39, 0.29) is 11.9 Å². The fourth-order valence-corrected chi connectivity index (χ4v) is 1.31. The molecule has 0 saturated carbocycles. The molecule has 0 amide bonds. The van der Waals surface area contributed by atoms with Gasteiger partial charge in [-0.1, -0.05) is 20.3 Å². The lowest BCUT2D eigenvalue weighted by Crippen LogP contribution is -2.24. The lowest BCUT2D eigenvalue weighted by molar-refractivity contribution is 0.459. The molecule has 0 fully saturated rings. The highest BCUT2D eigenvalue weighted by atomic mass is 19.1. The van der Waals surface area contributed by atoms with E-state index in [0.717, 1.165) is 18.5 Å². The molecule has 2 unspecified atom stereocenters. The average molecular weight is 210 g/mol. The summed E-state index contributed by atoms with van der Waals surface area (Å²) < 4.78 is 12.9. The Labute approximate surface area is 90.9 Å². The molecule has 84 valence electrons. The summed E-state index contributed by atoms with van der Waals surface area (Å²) in [6, 6.07) is 1.68. The van der Waals surface area contributed by atoms with E-state index in [2.05, 4.69) is 24.1 Å². The molecule has 0 spiro atoms. The van der Waals surface area contributed by atoms with Crippen molar-refractivity contribution in [1.29, 1.82) is 0 Å². The van der Waals surface area contributed by atoms with E-state index in [9.17, 15) is 4.39 Å². The molecule has 0 aliphatic carbocycles. The summed E-state index contributed by atoms with van der Waals surface area (Å²) in [6.07, 6.45) is 4.09. The first kappa shape index (κ1) is 12.1. The van der Waals surface area contributed by atoms with Crippen molar-refractivity contribution in [2.24, 2.45) is 5.92 Å². The molecule has 1 heterocycles. The molecule has 0 bridgehead atoms. The Morgan fingerprint density at radius 2 is 2.13 bits per heavy atom. The summed E-state index contributed by atoms with van der Waals surface area (Å²) in [6.45, 7) is 7.34. The Balaban J connectivity index is 2.50. The summed E-state index contributed by atoms with van der Waals surface area (Å²) >= 11 is 0.